The molecule has 0 bridgehead atoms. The molecule has 0 spiro atoms. The van der Waals surface area contributed by atoms with E-state index in [-0.39, 0.29) is 17.6 Å². The molecule has 0 aromatic heterocycles. The van der Waals surface area contributed by atoms with E-state index >= 15 is 0 Å². The van der Waals surface area contributed by atoms with Gasteiger partial charge in [-0.2, -0.15) is 0 Å². The van der Waals surface area contributed by atoms with Crippen molar-refractivity contribution < 1.29 is 4.74 Å². The van der Waals surface area contributed by atoms with Gasteiger partial charge in [0.25, 0.3) is 0 Å². The third-order valence-corrected chi connectivity index (χ3v) is 3.50. The number of fused-ring (bicyclic) bond motifs is 1. The van der Waals surface area contributed by atoms with Crippen molar-refractivity contribution in [2.24, 2.45) is 5.73 Å². The summed E-state index contributed by atoms with van der Waals surface area (Å²) < 4.78 is 6.06. The van der Waals surface area contributed by atoms with Crippen molar-refractivity contribution in [3.05, 3.63) is 28.8 Å². The Hall–Kier alpha value is -1.02. The van der Waals surface area contributed by atoms with Crippen molar-refractivity contribution in [1.82, 2.24) is 0 Å². The first-order valence-corrected chi connectivity index (χ1v) is 6.37. The number of benzene rings is 1. The molecule has 1 aromatic carbocycles. The summed E-state index contributed by atoms with van der Waals surface area (Å²) in [5, 5.41) is 0. The van der Waals surface area contributed by atoms with Crippen LogP contribution in [-0.4, -0.2) is 6.10 Å². The Morgan fingerprint density at radius 1 is 1.29 bits per heavy atom. The van der Waals surface area contributed by atoms with E-state index in [1.54, 1.807) is 0 Å². The standard InChI is InChI=1S/C15H23NO/c1-9-6-7-11(15(3,4)5)14-13(9)12(16)8-10(2)17-14/h6-7,10,12H,8,16H2,1-5H3. The molecule has 2 N–H and O–H groups in total. The van der Waals surface area contributed by atoms with Gasteiger partial charge < -0.3 is 10.5 Å². The fourth-order valence-electron chi connectivity index (χ4n) is 2.60. The predicted molar refractivity (Wildman–Crippen MR) is 71.5 cm³/mol. The molecule has 2 unspecified atom stereocenters. The fourth-order valence-corrected chi connectivity index (χ4v) is 2.60. The Morgan fingerprint density at radius 3 is 2.53 bits per heavy atom. The van der Waals surface area contributed by atoms with E-state index in [0.29, 0.717) is 0 Å². The minimum Gasteiger partial charge on any atom is -0.490 e. The van der Waals surface area contributed by atoms with Gasteiger partial charge >= 0.3 is 0 Å². The van der Waals surface area contributed by atoms with Gasteiger partial charge in [-0.3, -0.25) is 0 Å². The first kappa shape index (κ1) is 12.4. The van der Waals surface area contributed by atoms with Crippen LogP contribution in [0.5, 0.6) is 5.75 Å². The zero-order valence-electron chi connectivity index (χ0n) is 11.5. The lowest BCUT2D eigenvalue weighted by Gasteiger charge is -2.34. The highest BCUT2D eigenvalue weighted by Crippen LogP contribution is 2.42. The summed E-state index contributed by atoms with van der Waals surface area (Å²) >= 11 is 0. The molecule has 0 saturated carbocycles. The van der Waals surface area contributed by atoms with E-state index in [0.717, 1.165) is 12.2 Å². The van der Waals surface area contributed by atoms with Crippen LogP contribution in [0.2, 0.25) is 0 Å². The third-order valence-electron chi connectivity index (χ3n) is 3.50. The van der Waals surface area contributed by atoms with Gasteiger partial charge in [0.05, 0.1) is 6.10 Å². The lowest BCUT2D eigenvalue weighted by molar-refractivity contribution is 0.172. The van der Waals surface area contributed by atoms with Crippen LogP contribution in [0.3, 0.4) is 0 Å². The van der Waals surface area contributed by atoms with E-state index in [1.807, 2.05) is 0 Å². The van der Waals surface area contributed by atoms with E-state index in [2.05, 4.69) is 46.8 Å². The Bertz CT molecular complexity index is 431. The molecule has 0 radical (unpaired) electrons. The molecule has 1 heterocycles. The minimum absolute atomic E-state index is 0.0918. The van der Waals surface area contributed by atoms with Gasteiger partial charge in [0.1, 0.15) is 5.75 Å². The van der Waals surface area contributed by atoms with Gasteiger partial charge in [-0.1, -0.05) is 32.9 Å². The minimum atomic E-state index is 0.0918. The monoisotopic (exact) mass is 233 g/mol. The van der Waals surface area contributed by atoms with E-state index in [1.165, 1.54) is 16.7 Å². The van der Waals surface area contributed by atoms with Crippen LogP contribution < -0.4 is 10.5 Å². The predicted octanol–water partition coefficient (Wildman–Crippen LogP) is 3.46. The summed E-state index contributed by atoms with van der Waals surface area (Å²) in [6.07, 6.45) is 1.11. The van der Waals surface area contributed by atoms with Gasteiger partial charge in [-0.25, -0.2) is 0 Å². The average molecular weight is 233 g/mol. The quantitative estimate of drug-likeness (QED) is 0.744. The second-order valence-electron chi connectivity index (χ2n) is 6.19. The fraction of sp³-hybridized carbons (Fsp3) is 0.600. The molecule has 0 aliphatic carbocycles. The molecular formula is C15H23NO. The maximum atomic E-state index is 6.27. The summed E-state index contributed by atoms with van der Waals surface area (Å²) in [7, 11) is 0. The van der Waals surface area contributed by atoms with E-state index in [9.17, 15) is 0 Å². The van der Waals surface area contributed by atoms with Crippen molar-refractivity contribution in [2.75, 3.05) is 0 Å². The Kier molecular flexibility index (Phi) is 2.94. The maximum Gasteiger partial charge on any atom is 0.128 e. The molecule has 0 amide bonds. The highest BCUT2D eigenvalue weighted by molar-refractivity contribution is 5.51. The molecule has 2 rings (SSSR count). The van der Waals surface area contributed by atoms with Gasteiger partial charge in [-0.15, -0.1) is 0 Å². The van der Waals surface area contributed by atoms with Crippen molar-refractivity contribution >= 4 is 0 Å². The van der Waals surface area contributed by atoms with Crippen LogP contribution in [0.4, 0.5) is 0 Å². The topological polar surface area (TPSA) is 35.2 Å². The third kappa shape index (κ3) is 2.19. The molecule has 94 valence electrons. The average Bonchev–Trinajstić information content (AvgIpc) is 2.14. The number of rotatable bonds is 0. The van der Waals surface area contributed by atoms with E-state index in [4.69, 9.17) is 10.5 Å². The van der Waals surface area contributed by atoms with Crippen LogP contribution in [0.25, 0.3) is 0 Å². The van der Waals surface area contributed by atoms with Crippen molar-refractivity contribution in [1.29, 1.82) is 0 Å². The summed E-state index contributed by atoms with van der Waals surface area (Å²) in [5.41, 5.74) is 10.1. The smallest absolute Gasteiger partial charge is 0.128 e. The SMILES string of the molecule is Cc1ccc(C(C)(C)C)c2c1C(N)CC(C)O2. The molecule has 17 heavy (non-hydrogen) atoms. The van der Waals surface area contributed by atoms with Crippen molar-refractivity contribution in [3.63, 3.8) is 0 Å². The lowest BCUT2D eigenvalue weighted by atomic mass is 9.81. The molecule has 0 saturated heterocycles. The van der Waals surface area contributed by atoms with Gasteiger partial charge in [-0.05, 0) is 30.4 Å². The largest absolute Gasteiger partial charge is 0.490 e. The summed E-state index contributed by atoms with van der Waals surface area (Å²) in [6.45, 7) is 10.9. The highest BCUT2D eigenvalue weighted by Gasteiger charge is 2.30. The molecule has 1 aromatic rings. The summed E-state index contributed by atoms with van der Waals surface area (Å²) in [4.78, 5) is 0. The van der Waals surface area contributed by atoms with Gasteiger partial charge in [0.2, 0.25) is 0 Å². The van der Waals surface area contributed by atoms with Crippen LogP contribution >= 0.6 is 0 Å². The molecule has 2 heteroatoms. The molecule has 1 aliphatic rings. The van der Waals surface area contributed by atoms with Crippen LogP contribution in [0.1, 0.15) is 56.8 Å². The maximum absolute atomic E-state index is 6.27. The van der Waals surface area contributed by atoms with Crippen molar-refractivity contribution in [3.8, 4) is 5.75 Å². The lowest BCUT2D eigenvalue weighted by Crippen LogP contribution is -2.30. The summed E-state index contributed by atoms with van der Waals surface area (Å²) in [5.74, 6) is 1.03. The number of hydrogen-bond acceptors (Lipinski definition) is 2. The Balaban J connectivity index is 2.63. The highest BCUT2D eigenvalue weighted by atomic mass is 16.5. The van der Waals surface area contributed by atoms with Crippen LogP contribution in [0, 0.1) is 6.92 Å². The number of ether oxygens (including phenoxy) is 1. The normalized spacial score (nSPS) is 24.1. The second kappa shape index (κ2) is 4.02. The summed E-state index contributed by atoms with van der Waals surface area (Å²) in [6, 6.07) is 4.45. The van der Waals surface area contributed by atoms with Crippen LogP contribution in [0.15, 0.2) is 12.1 Å². The molecule has 2 atom stereocenters. The van der Waals surface area contributed by atoms with Crippen molar-refractivity contribution in [2.45, 2.75) is 58.6 Å². The van der Waals surface area contributed by atoms with Gasteiger partial charge in [0, 0.05) is 18.0 Å². The Morgan fingerprint density at radius 2 is 1.94 bits per heavy atom. The molecule has 2 nitrogen and oxygen atoms in total. The Labute approximate surface area is 104 Å². The van der Waals surface area contributed by atoms with Gasteiger partial charge in [0.15, 0.2) is 0 Å². The first-order valence-electron chi connectivity index (χ1n) is 6.37. The zero-order valence-corrected chi connectivity index (χ0v) is 11.5. The number of nitrogens with two attached hydrogens (primary N) is 1. The number of aryl methyl sites for hydroxylation is 1. The van der Waals surface area contributed by atoms with E-state index < -0.39 is 0 Å². The molecule has 1 aliphatic heterocycles. The second-order valence-corrected chi connectivity index (χ2v) is 6.19. The molecular weight excluding hydrogens is 210 g/mol. The zero-order chi connectivity index (χ0) is 12.8. The molecule has 0 fully saturated rings. The first-order chi connectivity index (χ1) is 7.80. The number of hydrogen-bond donors (Lipinski definition) is 1. The van der Waals surface area contributed by atoms with Crippen LogP contribution in [-0.2, 0) is 5.41 Å².